The first-order valence-corrected chi connectivity index (χ1v) is 11.7. The average Bonchev–Trinajstić information content (AvgIpc) is 2.95. The van der Waals surface area contributed by atoms with Crippen molar-refractivity contribution in [3.05, 3.63) is 88.4 Å². The summed E-state index contributed by atoms with van der Waals surface area (Å²) in [4.78, 5) is 5.19. The third-order valence-electron chi connectivity index (χ3n) is 5.96. The summed E-state index contributed by atoms with van der Waals surface area (Å²) in [6.07, 6.45) is 2.71. The normalized spacial score (nSPS) is 19.1. The van der Waals surface area contributed by atoms with Crippen LogP contribution >= 0.6 is 23.4 Å². The zero-order chi connectivity index (χ0) is 21.2. The molecule has 1 fully saturated rings. The standard InChI is InChI=1S/C25H24ClN3OS/c26-20-9-10-24-19(15-20)16-22(21-6-2-4-8-25(21)31-24)28-11-13-29(14-12-28)27-17-18-5-1-3-7-23(18)30/h1-10,15,17,22,30H,11-14,16H2. The Morgan fingerprint density at radius 3 is 2.55 bits per heavy atom. The number of phenols is 1. The van der Waals surface area contributed by atoms with Crippen LogP contribution in [0.25, 0.3) is 0 Å². The van der Waals surface area contributed by atoms with Crippen LogP contribution in [-0.2, 0) is 6.42 Å². The Morgan fingerprint density at radius 1 is 0.935 bits per heavy atom. The lowest BCUT2D eigenvalue weighted by molar-refractivity contribution is 0.0970. The number of fused-ring (bicyclic) bond motifs is 2. The fourth-order valence-corrected chi connectivity index (χ4v) is 5.61. The maximum Gasteiger partial charge on any atom is 0.124 e. The van der Waals surface area contributed by atoms with Gasteiger partial charge in [-0.1, -0.05) is 53.7 Å². The Morgan fingerprint density at radius 2 is 1.71 bits per heavy atom. The molecule has 31 heavy (non-hydrogen) atoms. The van der Waals surface area contributed by atoms with E-state index in [1.807, 2.05) is 36.0 Å². The van der Waals surface area contributed by atoms with E-state index in [-0.39, 0.29) is 5.75 Å². The first kappa shape index (κ1) is 20.4. The van der Waals surface area contributed by atoms with Crippen LogP contribution in [0.1, 0.15) is 22.7 Å². The van der Waals surface area contributed by atoms with Crippen molar-refractivity contribution in [1.29, 1.82) is 0 Å². The summed E-state index contributed by atoms with van der Waals surface area (Å²) in [5, 5.41) is 17.4. The number of hydrogen-bond donors (Lipinski definition) is 1. The highest BCUT2D eigenvalue weighted by Gasteiger charge is 2.29. The highest BCUT2D eigenvalue weighted by atomic mass is 35.5. The Labute approximate surface area is 192 Å². The quantitative estimate of drug-likeness (QED) is 0.540. The summed E-state index contributed by atoms with van der Waals surface area (Å²) < 4.78 is 0. The number of hydrogen-bond acceptors (Lipinski definition) is 5. The number of hydrazone groups is 1. The molecule has 2 aliphatic rings. The van der Waals surface area contributed by atoms with Gasteiger partial charge in [-0.2, -0.15) is 5.10 Å². The van der Waals surface area contributed by atoms with E-state index in [1.54, 1.807) is 12.3 Å². The van der Waals surface area contributed by atoms with Gasteiger partial charge in [0, 0.05) is 52.6 Å². The van der Waals surface area contributed by atoms with Crippen molar-refractivity contribution in [2.24, 2.45) is 5.10 Å². The lowest BCUT2D eigenvalue weighted by Gasteiger charge is -2.38. The number of rotatable bonds is 3. The van der Waals surface area contributed by atoms with Crippen LogP contribution in [0.3, 0.4) is 0 Å². The van der Waals surface area contributed by atoms with Gasteiger partial charge in [0.15, 0.2) is 0 Å². The fraction of sp³-hybridized carbons (Fsp3) is 0.240. The van der Waals surface area contributed by atoms with Gasteiger partial charge in [-0.15, -0.1) is 0 Å². The molecule has 2 heterocycles. The Hall–Kier alpha value is -2.47. The van der Waals surface area contributed by atoms with Gasteiger partial charge in [0.2, 0.25) is 0 Å². The first-order valence-electron chi connectivity index (χ1n) is 10.5. The minimum absolute atomic E-state index is 0.259. The summed E-state index contributed by atoms with van der Waals surface area (Å²) in [5.41, 5.74) is 3.46. The molecule has 0 aliphatic carbocycles. The second-order valence-corrected chi connectivity index (χ2v) is 9.43. The number of benzene rings is 3. The topological polar surface area (TPSA) is 39.1 Å². The Kier molecular flexibility index (Phi) is 5.90. The summed E-state index contributed by atoms with van der Waals surface area (Å²) in [5.74, 6) is 0.259. The molecule has 2 aliphatic heterocycles. The molecule has 1 saturated heterocycles. The van der Waals surface area contributed by atoms with E-state index in [2.05, 4.69) is 51.4 Å². The molecule has 1 unspecified atom stereocenters. The van der Waals surface area contributed by atoms with E-state index < -0.39 is 0 Å². The molecule has 0 amide bonds. The fourth-order valence-electron chi connectivity index (χ4n) is 4.30. The molecule has 0 radical (unpaired) electrons. The van der Waals surface area contributed by atoms with Crippen molar-refractivity contribution >= 4 is 29.6 Å². The third-order valence-corrected chi connectivity index (χ3v) is 7.41. The molecular formula is C25H24ClN3OS. The number of phenolic OH excluding ortho intramolecular Hbond substituents is 1. The molecule has 0 saturated carbocycles. The largest absolute Gasteiger partial charge is 0.507 e. The van der Waals surface area contributed by atoms with Crippen molar-refractivity contribution in [1.82, 2.24) is 9.91 Å². The smallest absolute Gasteiger partial charge is 0.124 e. The first-order chi connectivity index (χ1) is 15.2. The summed E-state index contributed by atoms with van der Waals surface area (Å²) >= 11 is 8.17. The van der Waals surface area contributed by atoms with E-state index in [0.29, 0.717) is 6.04 Å². The van der Waals surface area contributed by atoms with Gasteiger partial charge in [-0.25, -0.2) is 0 Å². The van der Waals surface area contributed by atoms with Gasteiger partial charge in [-0.05, 0) is 53.9 Å². The Bertz CT molecular complexity index is 1110. The number of nitrogens with zero attached hydrogens (tertiary/aromatic N) is 3. The monoisotopic (exact) mass is 449 g/mol. The zero-order valence-electron chi connectivity index (χ0n) is 17.1. The summed E-state index contributed by atoms with van der Waals surface area (Å²) in [6.45, 7) is 3.60. The zero-order valence-corrected chi connectivity index (χ0v) is 18.7. The van der Waals surface area contributed by atoms with Gasteiger partial charge < -0.3 is 5.11 Å². The second kappa shape index (κ2) is 8.95. The molecule has 5 rings (SSSR count). The molecule has 1 N–H and O–H groups in total. The van der Waals surface area contributed by atoms with E-state index >= 15 is 0 Å². The predicted octanol–water partition coefficient (Wildman–Crippen LogP) is 5.45. The van der Waals surface area contributed by atoms with Crippen LogP contribution in [-0.4, -0.2) is 47.4 Å². The van der Waals surface area contributed by atoms with Crippen LogP contribution in [0.4, 0.5) is 0 Å². The van der Waals surface area contributed by atoms with Crippen LogP contribution in [0.2, 0.25) is 5.02 Å². The molecule has 4 nitrogen and oxygen atoms in total. The van der Waals surface area contributed by atoms with E-state index in [1.165, 1.54) is 20.9 Å². The van der Waals surface area contributed by atoms with Gasteiger partial charge in [-0.3, -0.25) is 9.91 Å². The number of para-hydroxylation sites is 1. The minimum Gasteiger partial charge on any atom is -0.507 e. The van der Waals surface area contributed by atoms with Gasteiger partial charge in [0.05, 0.1) is 6.21 Å². The molecule has 0 aromatic heterocycles. The molecule has 3 aromatic carbocycles. The van der Waals surface area contributed by atoms with Crippen LogP contribution < -0.4 is 0 Å². The van der Waals surface area contributed by atoms with Crippen molar-refractivity contribution < 1.29 is 5.11 Å². The summed E-state index contributed by atoms with van der Waals surface area (Å²) in [7, 11) is 0. The highest BCUT2D eigenvalue weighted by molar-refractivity contribution is 7.99. The van der Waals surface area contributed by atoms with Crippen LogP contribution in [0, 0.1) is 0 Å². The van der Waals surface area contributed by atoms with E-state index in [0.717, 1.165) is 43.2 Å². The minimum atomic E-state index is 0.259. The van der Waals surface area contributed by atoms with Crippen molar-refractivity contribution in [2.75, 3.05) is 26.2 Å². The molecular weight excluding hydrogens is 426 g/mol. The van der Waals surface area contributed by atoms with Crippen LogP contribution in [0.5, 0.6) is 5.75 Å². The third kappa shape index (κ3) is 4.45. The van der Waals surface area contributed by atoms with Crippen molar-refractivity contribution in [3.8, 4) is 5.75 Å². The highest BCUT2D eigenvalue weighted by Crippen LogP contribution is 2.43. The molecule has 1 atom stereocenters. The van der Waals surface area contributed by atoms with Gasteiger partial charge >= 0.3 is 0 Å². The molecule has 0 bridgehead atoms. The number of aromatic hydroxyl groups is 1. The van der Waals surface area contributed by atoms with Gasteiger partial charge in [0.1, 0.15) is 5.75 Å². The van der Waals surface area contributed by atoms with Crippen LogP contribution in [0.15, 0.2) is 81.6 Å². The second-order valence-electron chi connectivity index (χ2n) is 7.90. The lowest BCUT2D eigenvalue weighted by atomic mass is 9.97. The summed E-state index contributed by atoms with van der Waals surface area (Å²) in [6, 6.07) is 22.6. The van der Waals surface area contributed by atoms with E-state index in [4.69, 9.17) is 11.6 Å². The van der Waals surface area contributed by atoms with Gasteiger partial charge in [0.25, 0.3) is 0 Å². The van der Waals surface area contributed by atoms with Crippen molar-refractivity contribution in [2.45, 2.75) is 22.3 Å². The Balaban J connectivity index is 1.34. The average molecular weight is 450 g/mol. The molecule has 0 spiro atoms. The predicted molar refractivity (Wildman–Crippen MR) is 127 cm³/mol. The SMILES string of the molecule is Oc1ccccc1C=NN1CCN(C2Cc3cc(Cl)ccc3Sc3ccccc32)CC1. The van der Waals surface area contributed by atoms with Crippen molar-refractivity contribution in [3.63, 3.8) is 0 Å². The molecule has 158 valence electrons. The maximum atomic E-state index is 9.94. The molecule has 3 aromatic rings. The number of halogens is 1. The molecule has 6 heteroatoms. The lowest BCUT2D eigenvalue weighted by Crippen LogP contribution is -2.46. The van der Waals surface area contributed by atoms with E-state index in [9.17, 15) is 5.11 Å². The number of piperazine rings is 1. The maximum absolute atomic E-state index is 9.94.